The van der Waals surface area contributed by atoms with E-state index >= 15 is 0 Å². The van der Waals surface area contributed by atoms with Gasteiger partial charge < -0.3 is 9.52 Å². The number of oxazole rings is 1. The van der Waals surface area contributed by atoms with E-state index in [0.29, 0.717) is 11.5 Å². The molecule has 1 N–H and O–H groups in total. The Balaban J connectivity index is 2.54. The molecule has 78 valence electrons. The smallest absolute Gasteiger partial charge is 0.181 e. The zero-order chi connectivity index (χ0) is 10.8. The van der Waals surface area contributed by atoms with Crippen LogP contribution in [-0.4, -0.2) is 10.1 Å². The first-order chi connectivity index (χ1) is 7.22. The van der Waals surface area contributed by atoms with E-state index in [4.69, 9.17) is 9.52 Å². The summed E-state index contributed by atoms with van der Waals surface area (Å²) in [7, 11) is 0. The highest BCUT2D eigenvalue weighted by Crippen LogP contribution is 2.28. The Hall–Kier alpha value is -1.13. The minimum atomic E-state index is -0.110. The minimum Gasteiger partial charge on any atom is -0.443 e. The summed E-state index contributed by atoms with van der Waals surface area (Å²) in [6.45, 7) is 1.88. The van der Waals surface area contributed by atoms with Crippen LogP contribution in [0.25, 0.3) is 11.3 Å². The Bertz CT molecular complexity index is 479. The van der Waals surface area contributed by atoms with Gasteiger partial charge in [0, 0.05) is 10.0 Å². The molecule has 1 aromatic heterocycles. The van der Waals surface area contributed by atoms with E-state index in [2.05, 4.69) is 20.9 Å². The number of aryl methyl sites for hydroxylation is 1. The Morgan fingerprint density at radius 3 is 2.93 bits per heavy atom. The molecule has 0 bridgehead atoms. The zero-order valence-electron chi connectivity index (χ0n) is 8.20. The summed E-state index contributed by atoms with van der Waals surface area (Å²) in [6, 6.07) is 5.88. The van der Waals surface area contributed by atoms with Crippen molar-refractivity contribution in [3.8, 4) is 11.3 Å². The quantitative estimate of drug-likeness (QED) is 0.910. The Morgan fingerprint density at radius 1 is 1.47 bits per heavy atom. The Morgan fingerprint density at radius 2 is 2.27 bits per heavy atom. The van der Waals surface area contributed by atoms with E-state index in [9.17, 15) is 0 Å². The van der Waals surface area contributed by atoms with Gasteiger partial charge in [0.2, 0.25) is 0 Å². The maximum Gasteiger partial charge on any atom is 0.181 e. The average Bonchev–Trinajstić information content (AvgIpc) is 2.65. The lowest BCUT2D eigenvalue weighted by atomic mass is 10.1. The number of aliphatic hydroxyl groups excluding tert-OH is 1. The molecule has 1 aromatic carbocycles. The molecule has 0 fully saturated rings. The van der Waals surface area contributed by atoms with Crippen molar-refractivity contribution in [1.29, 1.82) is 0 Å². The van der Waals surface area contributed by atoms with Gasteiger partial charge in [-0.1, -0.05) is 15.9 Å². The highest BCUT2D eigenvalue weighted by atomic mass is 79.9. The van der Waals surface area contributed by atoms with E-state index < -0.39 is 0 Å². The molecule has 15 heavy (non-hydrogen) atoms. The molecule has 0 radical (unpaired) electrons. The number of benzene rings is 1. The molecular formula is C11H10BrNO2. The van der Waals surface area contributed by atoms with Gasteiger partial charge in [-0.05, 0) is 30.7 Å². The van der Waals surface area contributed by atoms with Crippen molar-refractivity contribution in [1.82, 2.24) is 4.98 Å². The minimum absolute atomic E-state index is 0.110. The van der Waals surface area contributed by atoms with E-state index in [1.807, 2.05) is 25.1 Å². The number of halogens is 1. The van der Waals surface area contributed by atoms with Gasteiger partial charge in [0.25, 0.3) is 0 Å². The lowest BCUT2D eigenvalue weighted by Crippen LogP contribution is -1.89. The average molecular weight is 268 g/mol. The molecule has 2 aromatic rings. The van der Waals surface area contributed by atoms with Crippen LogP contribution in [0.2, 0.25) is 0 Å². The van der Waals surface area contributed by atoms with Crippen LogP contribution in [0.15, 0.2) is 33.5 Å². The van der Waals surface area contributed by atoms with Crippen molar-refractivity contribution in [3.63, 3.8) is 0 Å². The summed E-state index contributed by atoms with van der Waals surface area (Å²) < 4.78 is 6.30. The number of hydrogen-bond acceptors (Lipinski definition) is 3. The fraction of sp³-hybridized carbons (Fsp3) is 0.182. The molecule has 0 aliphatic rings. The molecule has 1 heterocycles. The van der Waals surface area contributed by atoms with Crippen LogP contribution in [0.1, 0.15) is 11.3 Å². The monoisotopic (exact) mass is 267 g/mol. The predicted octanol–water partition coefficient (Wildman–Crippen LogP) is 2.90. The summed E-state index contributed by atoms with van der Waals surface area (Å²) in [6.07, 6.45) is 1.35. The van der Waals surface area contributed by atoms with Gasteiger partial charge in [0.05, 0.1) is 6.61 Å². The third kappa shape index (κ3) is 1.96. The van der Waals surface area contributed by atoms with Gasteiger partial charge in [0.15, 0.2) is 12.2 Å². The standard InChI is InChI=1S/C11H10BrNO2/c1-7-4-8(12)2-3-9(7)11-10(5-14)13-6-15-11/h2-4,6,14H,5H2,1H3. The molecule has 4 heteroatoms. The number of nitrogens with zero attached hydrogens (tertiary/aromatic N) is 1. The van der Waals surface area contributed by atoms with Crippen molar-refractivity contribution in [2.75, 3.05) is 0 Å². The van der Waals surface area contributed by atoms with Gasteiger partial charge in [-0.15, -0.1) is 0 Å². The van der Waals surface area contributed by atoms with Gasteiger partial charge in [0.1, 0.15) is 5.69 Å². The van der Waals surface area contributed by atoms with Crippen LogP contribution in [0.3, 0.4) is 0 Å². The Labute approximate surface area is 95.9 Å². The summed E-state index contributed by atoms with van der Waals surface area (Å²) in [5, 5.41) is 9.08. The van der Waals surface area contributed by atoms with Crippen molar-refractivity contribution >= 4 is 15.9 Å². The lowest BCUT2D eigenvalue weighted by molar-refractivity contribution is 0.277. The van der Waals surface area contributed by atoms with Gasteiger partial charge in [-0.25, -0.2) is 4.98 Å². The van der Waals surface area contributed by atoms with Crippen LogP contribution in [0.4, 0.5) is 0 Å². The number of aromatic nitrogens is 1. The van der Waals surface area contributed by atoms with Gasteiger partial charge >= 0.3 is 0 Å². The number of aliphatic hydroxyl groups is 1. The largest absolute Gasteiger partial charge is 0.443 e. The maximum absolute atomic E-state index is 9.08. The predicted molar refractivity (Wildman–Crippen MR) is 60.3 cm³/mol. The lowest BCUT2D eigenvalue weighted by Gasteiger charge is -2.04. The Kier molecular flexibility index (Phi) is 2.88. The van der Waals surface area contributed by atoms with Gasteiger partial charge in [-0.2, -0.15) is 0 Å². The normalized spacial score (nSPS) is 10.6. The van der Waals surface area contributed by atoms with E-state index in [-0.39, 0.29) is 6.61 Å². The second kappa shape index (κ2) is 4.16. The first-order valence-electron chi connectivity index (χ1n) is 4.52. The SMILES string of the molecule is Cc1cc(Br)ccc1-c1ocnc1CO. The molecule has 3 nitrogen and oxygen atoms in total. The molecule has 0 saturated heterocycles. The third-order valence-corrected chi connectivity index (χ3v) is 2.72. The summed E-state index contributed by atoms with van der Waals surface area (Å²) >= 11 is 3.40. The third-order valence-electron chi connectivity index (χ3n) is 2.22. The molecule has 2 rings (SSSR count). The van der Waals surface area contributed by atoms with Crippen molar-refractivity contribution in [2.45, 2.75) is 13.5 Å². The molecule has 0 aliphatic carbocycles. The van der Waals surface area contributed by atoms with Crippen LogP contribution >= 0.6 is 15.9 Å². The van der Waals surface area contributed by atoms with Crippen LogP contribution in [0, 0.1) is 6.92 Å². The van der Waals surface area contributed by atoms with Crippen LogP contribution in [0.5, 0.6) is 0 Å². The molecule has 0 aliphatic heterocycles. The second-order valence-corrected chi connectivity index (χ2v) is 4.16. The second-order valence-electron chi connectivity index (χ2n) is 3.25. The zero-order valence-corrected chi connectivity index (χ0v) is 9.78. The molecule has 0 unspecified atom stereocenters. The fourth-order valence-corrected chi connectivity index (χ4v) is 1.96. The van der Waals surface area contributed by atoms with Gasteiger partial charge in [-0.3, -0.25) is 0 Å². The summed E-state index contributed by atoms with van der Waals surface area (Å²) in [5.74, 6) is 0.641. The maximum atomic E-state index is 9.08. The number of rotatable bonds is 2. The van der Waals surface area contributed by atoms with Crippen LogP contribution in [-0.2, 0) is 6.61 Å². The summed E-state index contributed by atoms with van der Waals surface area (Å²) in [4.78, 5) is 3.95. The molecule has 0 spiro atoms. The topological polar surface area (TPSA) is 46.3 Å². The van der Waals surface area contributed by atoms with Crippen molar-refractivity contribution in [3.05, 3.63) is 40.3 Å². The van der Waals surface area contributed by atoms with Crippen molar-refractivity contribution in [2.24, 2.45) is 0 Å². The first kappa shape index (κ1) is 10.4. The molecule has 0 saturated carbocycles. The molecule has 0 atom stereocenters. The van der Waals surface area contributed by atoms with Crippen LogP contribution < -0.4 is 0 Å². The van der Waals surface area contributed by atoms with Crippen molar-refractivity contribution < 1.29 is 9.52 Å². The highest BCUT2D eigenvalue weighted by molar-refractivity contribution is 9.10. The molecular weight excluding hydrogens is 258 g/mol. The fourth-order valence-electron chi connectivity index (χ4n) is 1.48. The van der Waals surface area contributed by atoms with E-state index in [0.717, 1.165) is 15.6 Å². The summed E-state index contributed by atoms with van der Waals surface area (Å²) in [5.41, 5.74) is 2.61. The molecule has 0 amide bonds. The number of hydrogen-bond donors (Lipinski definition) is 1. The first-order valence-corrected chi connectivity index (χ1v) is 5.31. The van der Waals surface area contributed by atoms with E-state index in [1.54, 1.807) is 0 Å². The highest BCUT2D eigenvalue weighted by Gasteiger charge is 2.11. The van der Waals surface area contributed by atoms with E-state index in [1.165, 1.54) is 6.39 Å².